The maximum atomic E-state index is 12.4. The minimum atomic E-state index is -0.772. The second-order valence-electron chi connectivity index (χ2n) is 5.54. The average molecular weight is 254 g/mol. The van der Waals surface area contributed by atoms with Crippen LogP contribution in [0.2, 0.25) is 0 Å². The van der Waals surface area contributed by atoms with Crippen molar-refractivity contribution in [3.63, 3.8) is 0 Å². The number of carboxylic acids is 1. The van der Waals surface area contributed by atoms with Crippen LogP contribution in [0.1, 0.15) is 32.6 Å². The number of hydrogen-bond acceptors (Lipinski definition) is 3. The summed E-state index contributed by atoms with van der Waals surface area (Å²) in [5.41, 5.74) is 0. The van der Waals surface area contributed by atoms with E-state index >= 15 is 0 Å². The standard InChI is InChI=1S/C13H22N2O3/c1-9-7-10(4-5-14-9)12(16)15-6-2-3-11(8-15)13(17)18/h9-11,14H,2-8H2,1H3,(H,17,18)/t9?,10?,11-/m1/s1. The number of carboxylic acid groups (broad SMARTS) is 1. The summed E-state index contributed by atoms with van der Waals surface area (Å²) in [6.45, 7) is 4.09. The fourth-order valence-corrected chi connectivity index (χ4v) is 2.99. The molecule has 2 saturated heterocycles. The molecule has 2 unspecified atom stereocenters. The molecular formula is C13H22N2O3. The second-order valence-corrected chi connectivity index (χ2v) is 5.54. The summed E-state index contributed by atoms with van der Waals surface area (Å²) in [5.74, 6) is -0.906. The molecule has 2 rings (SSSR count). The topological polar surface area (TPSA) is 69.6 Å². The van der Waals surface area contributed by atoms with Crippen molar-refractivity contribution in [3.8, 4) is 0 Å². The molecule has 18 heavy (non-hydrogen) atoms. The third-order valence-electron chi connectivity index (χ3n) is 4.06. The minimum absolute atomic E-state index is 0.0776. The third kappa shape index (κ3) is 3.02. The van der Waals surface area contributed by atoms with E-state index in [0.717, 1.165) is 32.4 Å². The van der Waals surface area contributed by atoms with Gasteiger partial charge in [0.2, 0.25) is 5.91 Å². The Morgan fingerprint density at radius 2 is 2.06 bits per heavy atom. The van der Waals surface area contributed by atoms with Crippen molar-refractivity contribution >= 4 is 11.9 Å². The van der Waals surface area contributed by atoms with Gasteiger partial charge in [0.05, 0.1) is 5.92 Å². The zero-order valence-corrected chi connectivity index (χ0v) is 10.9. The Balaban J connectivity index is 1.93. The van der Waals surface area contributed by atoms with E-state index in [-0.39, 0.29) is 17.7 Å². The van der Waals surface area contributed by atoms with Crippen LogP contribution in [-0.2, 0) is 9.59 Å². The van der Waals surface area contributed by atoms with Gasteiger partial charge in [-0.25, -0.2) is 0 Å². The molecule has 0 aromatic heterocycles. The molecule has 5 heteroatoms. The van der Waals surface area contributed by atoms with Crippen molar-refractivity contribution in [2.45, 2.75) is 38.6 Å². The summed E-state index contributed by atoms with van der Waals surface area (Å²) in [7, 11) is 0. The molecule has 0 radical (unpaired) electrons. The van der Waals surface area contributed by atoms with Gasteiger partial charge in [-0.15, -0.1) is 0 Å². The van der Waals surface area contributed by atoms with Crippen LogP contribution in [-0.4, -0.2) is 47.6 Å². The molecule has 2 aliphatic heterocycles. The first kappa shape index (κ1) is 13.3. The Labute approximate surface area is 108 Å². The van der Waals surface area contributed by atoms with E-state index in [1.54, 1.807) is 4.90 Å². The highest BCUT2D eigenvalue weighted by Gasteiger charge is 2.33. The fraction of sp³-hybridized carbons (Fsp3) is 0.846. The van der Waals surface area contributed by atoms with E-state index in [4.69, 9.17) is 5.11 Å². The summed E-state index contributed by atoms with van der Waals surface area (Å²) in [4.78, 5) is 25.1. The highest BCUT2D eigenvalue weighted by atomic mass is 16.4. The molecule has 5 nitrogen and oxygen atoms in total. The molecule has 0 aliphatic carbocycles. The maximum absolute atomic E-state index is 12.4. The first-order valence-electron chi connectivity index (χ1n) is 6.83. The molecule has 1 amide bonds. The van der Waals surface area contributed by atoms with E-state index < -0.39 is 5.97 Å². The van der Waals surface area contributed by atoms with E-state index in [2.05, 4.69) is 12.2 Å². The number of piperidine rings is 2. The van der Waals surface area contributed by atoms with Crippen LogP contribution in [0, 0.1) is 11.8 Å². The molecule has 2 heterocycles. The molecule has 0 aromatic carbocycles. The lowest BCUT2D eigenvalue weighted by molar-refractivity contribution is -0.147. The molecule has 2 fully saturated rings. The Morgan fingerprint density at radius 1 is 1.28 bits per heavy atom. The van der Waals surface area contributed by atoms with Crippen LogP contribution in [0.25, 0.3) is 0 Å². The number of carbonyl (C=O) groups is 2. The first-order chi connectivity index (χ1) is 8.58. The zero-order valence-electron chi connectivity index (χ0n) is 10.9. The first-order valence-corrected chi connectivity index (χ1v) is 6.83. The normalized spacial score (nSPS) is 33.2. The van der Waals surface area contributed by atoms with Crippen molar-refractivity contribution in [2.75, 3.05) is 19.6 Å². The van der Waals surface area contributed by atoms with Crippen molar-refractivity contribution in [1.82, 2.24) is 10.2 Å². The number of amides is 1. The molecular weight excluding hydrogens is 232 g/mol. The second kappa shape index (κ2) is 5.69. The number of likely N-dealkylation sites (tertiary alicyclic amines) is 1. The Morgan fingerprint density at radius 3 is 2.72 bits per heavy atom. The smallest absolute Gasteiger partial charge is 0.308 e. The Bertz CT molecular complexity index is 332. The molecule has 0 aromatic rings. The Kier molecular flexibility index (Phi) is 4.22. The van der Waals surface area contributed by atoms with Crippen LogP contribution in [0.3, 0.4) is 0 Å². The molecule has 102 valence electrons. The largest absolute Gasteiger partial charge is 0.481 e. The summed E-state index contributed by atoms with van der Waals surface area (Å²) >= 11 is 0. The van der Waals surface area contributed by atoms with Gasteiger partial charge in [-0.1, -0.05) is 0 Å². The lowest BCUT2D eigenvalue weighted by Crippen LogP contribution is -2.48. The lowest BCUT2D eigenvalue weighted by Gasteiger charge is -2.35. The Hall–Kier alpha value is -1.10. The summed E-state index contributed by atoms with van der Waals surface area (Å²) in [5, 5.41) is 12.4. The average Bonchev–Trinajstić information content (AvgIpc) is 2.38. The number of hydrogen-bond donors (Lipinski definition) is 2. The number of nitrogens with zero attached hydrogens (tertiary/aromatic N) is 1. The van der Waals surface area contributed by atoms with Crippen LogP contribution < -0.4 is 5.32 Å². The van der Waals surface area contributed by atoms with E-state index in [1.807, 2.05) is 0 Å². The van der Waals surface area contributed by atoms with Crippen molar-refractivity contribution < 1.29 is 14.7 Å². The van der Waals surface area contributed by atoms with Gasteiger partial charge in [-0.2, -0.15) is 0 Å². The number of carbonyl (C=O) groups excluding carboxylic acids is 1. The number of rotatable bonds is 2. The predicted octanol–water partition coefficient (Wildman–Crippen LogP) is 0.698. The van der Waals surface area contributed by atoms with Gasteiger partial charge in [0.15, 0.2) is 0 Å². The minimum Gasteiger partial charge on any atom is -0.481 e. The molecule has 2 N–H and O–H groups in total. The van der Waals surface area contributed by atoms with E-state index in [1.165, 1.54) is 0 Å². The molecule has 0 spiro atoms. The van der Waals surface area contributed by atoms with Gasteiger partial charge in [0.1, 0.15) is 0 Å². The highest BCUT2D eigenvalue weighted by molar-refractivity contribution is 5.80. The SMILES string of the molecule is CC1CC(C(=O)N2CCC[C@@H](C(=O)O)C2)CCN1. The summed E-state index contributed by atoms with van der Waals surface area (Å²) in [6.07, 6.45) is 3.25. The van der Waals surface area contributed by atoms with Crippen molar-refractivity contribution in [2.24, 2.45) is 11.8 Å². The molecule has 2 aliphatic rings. The van der Waals surface area contributed by atoms with Gasteiger partial charge < -0.3 is 15.3 Å². The molecule has 3 atom stereocenters. The highest BCUT2D eigenvalue weighted by Crippen LogP contribution is 2.23. The van der Waals surface area contributed by atoms with Gasteiger partial charge in [-0.3, -0.25) is 9.59 Å². The zero-order chi connectivity index (χ0) is 13.1. The quantitative estimate of drug-likeness (QED) is 0.761. The van der Waals surface area contributed by atoms with Crippen LogP contribution in [0.4, 0.5) is 0 Å². The van der Waals surface area contributed by atoms with Gasteiger partial charge in [0, 0.05) is 25.0 Å². The lowest BCUT2D eigenvalue weighted by atomic mass is 9.90. The summed E-state index contributed by atoms with van der Waals surface area (Å²) in [6, 6.07) is 0.382. The van der Waals surface area contributed by atoms with Gasteiger partial charge in [0.25, 0.3) is 0 Å². The van der Waals surface area contributed by atoms with Crippen molar-refractivity contribution in [3.05, 3.63) is 0 Å². The van der Waals surface area contributed by atoms with Crippen LogP contribution in [0.5, 0.6) is 0 Å². The predicted molar refractivity (Wildman–Crippen MR) is 67.1 cm³/mol. The van der Waals surface area contributed by atoms with E-state index in [9.17, 15) is 9.59 Å². The monoisotopic (exact) mass is 254 g/mol. The molecule has 0 bridgehead atoms. The fourth-order valence-electron chi connectivity index (χ4n) is 2.99. The number of nitrogens with one attached hydrogen (secondary N) is 1. The van der Waals surface area contributed by atoms with Crippen molar-refractivity contribution in [1.29, 1.82) is 0 Å². The van der Waals surface area contributed by atoms with E-state index in [0.29, 0.717) is 19.0 Å². The van der Waals surface area contributed by atoms with Crippen LogP contribution in [0.15, 0.2) is 0 Å². The maximum Gasteiger partial charge on any atom is 0.308 e. The van der Waals surface area contributed by atoms with Gasteiger partial charge in [-0.05, 0) is 39.2 Å². The van der Waals surface area contributed by atoms with Gasteiger partial charge >= 0.3 is 5.97 Å². The third-order valence-corrected chi connectivity index (χ3v) is 4.06. The molecule has 0 saturated carbocycles. The number of aliphatic carboxylic acids is 1. The van der Waals surface area contributed by atoms with Crippen LogP contribution >= 0.6 is 0 Å². The summed E-state index contributed by atoms with van der Waals surface area (Å²) < 4.78 is 0.